The molecule has 3 heterocycles. The number of nitrogens with zero attached hydrogens (tertiary/aromatic N) is 3. The van der Waals surface area contributed by atoms with Crippen molar-refractivity contribution in [3.05, 3.63) is 34.6 Å². The van der Waals surface area contributed by atoms with Crippen molar-refractivity contribution in [2.45, 2.75) is 27.3 Å². The van der Waals surface area contributed by atoms with Crippen LogP contribution in [0.2, 0.25) is 0 Å². The summed E-state index contributed by atoms with van der Waals surface area (Å²) in [5.74, 6) is 2.47. The maximum atomic E-state index is 5.19. The molecule has 5 nitrogen and oxygen atoms in total. The van der Waals surface area contributed by atoms with Gasteiger partial charge in [-0.25, -0.2) is 15.0 Å². The minimum Gasteiger partial charge on any atom is -0.448 e. The summed E-state index contributed by atoms with van der Waals surface area (Å²) in [6.45, 7) is 6.48. The van der Waals surface area contributed by atoms with Gasteiger partial charge in [-0.05, 0) is 31.7 Å². The fraction of sp³-hybridized carbons (Fsp3) is 0.308. The second-order valence-electron chi connectivity index (χ2n) is 4.43. The van der Waals surface area contributed by atoms with Gasteiger partial charge in [-0.2, -0.15) is 0 Å². The molecule has 6 heteroatoms. The zero-order chi connectivity index (χ0) is 13.4. The Morgan fingerprint density at radius 1 is 1.26 bits per heavy atom. The van der Waals surface area contributed by atoms with Crippen LogP contribution in [0.1, 0.15) is 22.8 Å². The van der Waals surface area contributed by atoms with Crippen molar-refractivity contribution in [1.82, 2.24) is 15.0 Å². The summed E-state index contributed by atoms with van der Waals surface area (Å²) < 4.78 is 5.19. The molecular weight excluding hydrogens is 260 g/mol. The van der Waals surface area contributed by atoms with Gasteiger partial charge in [0.15, 0.2) is 6.39 Å². The molecule has 0 fully saturated rings. The number of aromatic nitrogens is 3. The molecule has 0 radical (unpaired) electrons. The van der Waals surface area contributed by atoms with Crippen LogP contribution < -0.4 is 5.32 Å². The van der Waals surface area contributed by atoms with E-state index in [9.17, 15) is 0 Å². The SMILES string of the molecule is Cc1nc(NCc2ncoc2C)c2c(C)csc2n1. The van der Waals surface area contributed by atoms with E-state index in [0.29, 0.717) is 6.54 Å². The Morgan fingerprint density at radius 2 is 2.11 bits per heavy atom. The van der Waals surface area contributed by atoms with E-state index in [1.807, 2.05) is 13.8 Å². The zero-order valence-electron chi connectivity index (χ0n) is 11.0. The molecule has 0 saturated carbocycles. The highest BCUT2D eigenvalue weighted by Crippen LogP contribution is 2.29. The van der Waals surface area contributed by atoms with E-state index in [2.05, 4.69) is 32.6 Å². The number of hydrogen-bond acceptors (Lipinski definition) is 6. The van der Waals surface area contributed by atoms with Gasteiger partial charge in [0.2, 0.25) is 0 Å². The van der Waals surface area contributed by atoms with Crippen LogP contribution in [-0.4, -0.2) is 15.0 Å². The largest absolute Gasteiger partial charge is 0.448 e. The average Bonchev–Trinajstić information content (AvgIpc) is 2.93. The summed E-state index contributed by atoms with van der Waals surface area (Å²) in [6, 6.07) is 0. The number of fused-ring (bicyclic) bond motifs is 1. The molecule has 0 aromatic carbocycles. The maximum Gasteiger partial charge on any atom is 0.181 e. The average molecular weight is 274 g/mol. The second kappa shape index (κ2) is 4.62. The van der Waals surface area contributed by atoms with Gasteiger partial charge in [-0.3, -0.25) is 0 Å². The van der Waals surface area contributed by atoms with Crippen LogP contribution in [0.5, 0.6) is 0 Å². The predicted octanol–water partition coefficient (Wildman–Crippen LogP) is 3.22. The Kier molecular flexibility index (Phi) is 2.94. The van der Waals surface area contributed by atoms with Crippen LogP contribution >= 0.6 is 11.3 Å². The molecule has 98 valence electrons. The first kappa shape index (κ1) is 12.1. The highest BCUT2D eigenvalue weighted by atomic mass is 32.1. The lowest BCUT2D eigenvalue weighted by atomic mass is 10.2. The minimum absolute atomic E-state index is 0.600. The Hall–Kier alpha value is -1.95. The number of rotatable bonds is 3. The molecule has 0 atom stereocenters. The van der Waals surface area contributed by atoms with E-state index >= 15 is 0 Å². The monoisotopic (exact) mass is 274 g/mol. The van der Waals surface area contributed by atoms with E-state index in [0.717, 1.165) is 33.3 Å². The highest BCUT2D eigenvalue weighted by Gasteiger charge is 2.11. The molecule has 3 aromatic rings. The smallest absolute Gasteiger partial charge is 0.181 e. The summed E-state index contributed by atoms with van der Waals surface area (Å²) >= 11 is 1.64. The molecule has 1 N–H and O–H groups in total. The third-order valence-electron chi connectivity index (χ3n) is 3.00. The highest BCUT2D eigenvalue weighted by molar-refractivity contribution is 7.17. The van der Waals surface area contributed by atoms with Gasteiger partial charge in [0.25, 0.3) is 0 Å². The first-order valence-electron chi connectivity index (χ1n) is 6.00. The summed E-state index contributed by atoms with van der Waals surface area (Å²) in [7, 11) is 0. The van der Waals surface area contributed by atoms with Gasteiger partial charge in [-0.15, -0.1) is 11.3 Å². The fourth-order valence-electron chi connectivity index (χ4n) is 1.98. The van der Waals surface area contributed by atoms with E-state index in [4.69, 9.17) is 4.42 Å². The standard InChI is InChI=1S/C13H14N4OS/c1-7-5-19-13-11(7)12(16-9(3)17-13)14-4-10-8(2)18-6-15-10/h5-6H,4H2,1-3H3,(H,14,16,17). The van der Waals surface area contributed by atoms with E-state index in [1.165, 1.54) is 12.0 Å². The van der Waals surface area contributed by atoms with Gasteiger partial charge >= 0.3 is 0 Å². The van der Waals surface area contributed by atoms with Crippen molar-refractivity contribution < 1.29 is 4.42 Å². The summed E-state index contributed by atoms with van der Waals surface area (Å²) in [4.78, 5) is 14.1. The number of aryl methyl sites for hydroxylation is 3. The first-order valence-corrected chi connectivity index (χ1v) is 6.88. The van der Waals surface area contributed by atoms with Crippen LogP contribution in [0.15, 0.2) is 16.2 Å². The van der Waals surface area contributed by atoms with Gasteiger partial charge in [-0.1, -0.05) is 0 Å². The summed E-state index contributed by atoms with van der Waals surface area (Å²) in [6.07, 6.45) is 1.46. The quantitative estimate of drug-likeness (QED) is 0.794. The van der Waals surface area contributed by atoms with E-state index < -0.39 is 0 Å². The maximum absolute atomic E-state index is 5.19. The zero-order valence-corrected chi connectivity index (χ0v) is 11.8. The molecule has 0 aliphatic carbocycles. The third-order valence-corrected chi connectivity index (χ3v) is 3.99. The number of nitrogens with one attached hydrogen (secondary N) is 1. The number of thiophene rings is 1. The number of anilines is 1. The van der Waals surface area contributed by atoms with Crippen LogP contribution in [0, 0.1) is 20.8 Å². The lowest BCUT2D eigenvalue weighted by Crippen LogP contribution is -2.05. The molecule has 0 spiro atoms. The van der Waals surface area contributed by atoms with Crippen LogP contribution in [0.3, 0.4) is 0 Å². The Balaban J connectivity index is 1.96. The second-order valence-corrected chi connectivity index (χ2v) is 5.29. The van der Waals surface area contributed by atoms with Gasteiger partial charge in [0.1, 0.15) is 27.9 Å². The molecule has 3 rings (SSSR count). The van der Waals surface area contributed by atoms with E-state index in [1.54, 1.807) is 11.3 Å². The van der Waals surface area contributed by atoms with E-state index in [-0.39, 0.29) is 0 Å². The Bertz CT molecular complexity index is 731. The van der Waals surface area contributed by atoms with Crippen LogP contribution in [0.4, 0.5) is 5.82 Å². The molecule has 0 amide bonds. The minimum atomic E-state index is 0.600. The molecule has 0 unspecified atom stereocenters. The fourth-order valence-corrected chi connectivity index (χ4v) is 2.95. The molecule has 0 aliphatic rings. The lowest BCUT2D eigenvalue weighted by molar-refractivity contribution is 0.524. The van der Waals surface area contributed by atoms with Crippen molar-refractivity contribution >= 4 is 27.4 Å². The normalized spacial score (nSPS) is 11.1. The Morgan fingerprint density at radius 3 is 2.84 bits per heavy atom. The molecule has 0 bridgehead atoms. The van der Waals surface area contributed by atoms with Crippen molar-refractivity contribution in [3.8, 4) is 0 Å². The van der Waals surface area contributed by atoms with Gasteiger partial charge in [0, 0.05) is 0 Å². The lowest BCUT2D eigenvalue weighted by Gasteiger charge is -2.07. The Labute approximate surface area is 114 Å². The van der Waals surface area contributed by atoms with Crippen molar-refractivity contribution in [2.24, 2.45) is 0 Å². The first-order chi connectivity index (χ1) is 9.15. The summed E-state index contributed by atoms with van der Waals surface area (Å²) in [5, 5.41) is 6.53. The third kappa shape index (κ3) is 2.19. The van der Waals surface area contributed by atoms with Crippen molar-refractivity contribution in [3.63, 3.8) is 0 Å². The van der Waals surface area contributed by atoms with Crippen molar-refractivity contribution in [2.75, 3.05) is 5.32 Å². The van der Waals surface area contributed by atoms with Crippen molar-refractivity contribution in [1.29, 1.82) is 0 Å². The summed E-state index contributed by atoms with van der Waals surface area (Å²) in [5.41, 5.74) is 2.09. The molecule has 0 aliphatic heterocycles. The predicted molar refractivity (Wildman–Crippen MR) is 75.5 cm³/mol. The molecule has 3 aromatic heterocycles. The number of oxazole rings is 1. The molecular formula is C13H14N4OS. The topological polar surface area (TPSA) is 63.8 Å². The van der Waals surface area contributed by atoms with Crippen LogP contribution in [0.25, 0.3) is 10.2 Å². The molecule has 0 saturated heterocycles. The van der Waals surface area contributed by atoms with Gasteiger partial charge in [0.05, 0.1) is 11.9 Å². The van der Waals surface area contributed by atoms with Gasteiger partial charge < -0.3 is 9.73 Å². The van der Waals surface area contributed by atoms with Crippen LogP contribution in [-0.2, 0) is 6.54 Å². The molecule has 19 heavy (non-hydrogen) atoms. The number of hydrogen-bond donors (Lipinski definition) is 1.